The van der Waals surface area contributed by atoms with Crippen molar-refractivity contribution in [1.29, 1.82) is 0 Å². The van der Waals surface area contributed by atoms with Crippen LogP contribution >= 0.6 is 15.9 Å². The monoisotopic (exact) mass is 293 g/mol. The quantitative estimate of drug-likeness (QED) is 0.934. The number of aryl methyl sites for hydroxylation is 2. The Kier molecular flexibility index (Phi) is 3.84. The molecule has 1 N–H and O–H groups in total. The highest BCUT2D eigenvalue weighted by Crippen LogP contribution is 2.21. The van der Waals surface area contributed by atoms with E-state index in [4.69, 9.17) is 0 Å². The molecule has 17 heavy (non-hydrogen) atoms. The minimum absolute atomic E-state index is 0.803. The first-order valence-corrected chi connectivity index (χ1v) is 6.49. The lowest BCUT2D eigenvalue weighted by Gasteiger charge is -2.08. The number of hydrogen-bond acceptors (Lipinski definition) is 2. The van der Waals surface area contributed by atoms with Crippen LogP contribution in [0.15, 0.2) is 35.1 Å². The van der Waals surface area contributed by atoms with Crippen LogP contribution in [0.3, 0.4) is 0 Å². The van der Waals surface area contributed by atoms with Crippen LogP contribution in [0.4, 0.5) is 5.69 Å². The lowest BCUT2D eigenvalue weighted by molar-refractivity contribution is 0.659. The number of nitrogens with one attached hydrogen (secondary N) is 1. The Morgan fingerprint density at radius 3 is 2.94 bits per heavy atom. The van der Waals surface area contributed by atoms with Crippen LogP contribution in [0.25, 0.3) is 0 Å². The first-order chi connectivity index (χ1) is 8.19. The zero-order valence-electron chi connectivity index (χ0n) is 10.1. The first kappa shape index (κ1) is 12.2. The fourth-order valence-electron chi connectivity index (χ4n) is 1.65. The molecule has 3 nitrogen and oxygen atoms in total. The van der Waals surface area contributed by atoms with Gasteiger partial charge >= 0.3 is 0 Å². The van der Waals surface area contributed by atoms with Crippen LogP contribution in [-0.4, -0.2) is 9.78 Å². The van der Waals surface area contributed by atoms with Gasteiger partial charge in [0, 0.05) is 35.0 Å². The van der Waals surface area contributed by atoms with E-state index in [1.807, 2.05) is 10.9 Å². The molecule has 0 saturated carbocycles. The second kappa shape index (κ2) is 5.36. The summed E-state index contributed by atoms with van der Waals surface area (Å²) in [5.74, 6) is 0. The molecule has 0 atom stereocenters. The summed E-state index contributed by atoms with van der Waals surface area (Å²) < 4.78 is 3.03. The molecule has 0 aliphatic heterocycles. The van der Waals surface area contributed by atoms with Crippen LogP contribution in [0.1, 0.15) is 18.1 Å². The van der Waals surface area contributed by atoms with Crippen molar-refractivity contribution < 1.29 is 0 Å². The largest absolute Gasteiger partial charge is 0.381 e. The van der Waals surface area contributed by atoms with Crippen molar-refractivity contribution in [2.45, 2.75) is 26.9 Å². The molecule has 0 unspecified atom stereocenters. The third kappa shape index (κ3) is 3.09. The number of rotatable bonds is 4. The predicted molar refractivity (Wildman–Crippen MR) is 74.1 cm³/mol. The van der Waals surface area contributed by atoms with E-state index in [9.17, 15) is 0 Å². The lowest BCUT2D eigenvalue weighted by Crippen LogP contribution is -2.00. The van der Waals surface area contributed by atoms with Gasteiger partial charge in [0.2, 0.25) is 0 Å². The fraction of sp³-hybridized carbons (Fsp3) is 0.308. The molecule has 0 spiro atoms. The first-order valence-electron chi connectivity index (χ1n) is 5.70. The van der Waals surface area contributed by atoms with Crippen molar-refractivity contribution in [2.24, 2.45) is 0 Å². The summed E-state index contributed by atoms with van der Waals surface area (Å²) in [5.41, 5.74) is 3.60. The van der Waals surface area contributed by atoms with E-state index >= 15 is 0 Å². The Hall–Kier alpha value is -1.29. The lowest BCUT2D eigenvalue weighted by atomic mass is 10.2. The average molecular weight is 294 g/mol. The van der Waals surface area contributed by atoms with E-state index in [-0.39, 0.29) is 0 Å². The van der Waals surface area contributed by atoms with Crippen molar-refractivity contribution in [3.63, 3.8) is 0 Å². The molecule has 0 saturated heterocycles. The molecule has 1 heterocycles. The number of halogens is 1. The fourth-order valence-corrected chi connectivity index (χ4v) is 2.01. The molecule has 0 aliphatic carbocycles. The zero-order valence-corrected chi connectivity index (χ0v) is 11.7. The SMILES string of the molecule is CCn1cc(CNc2cc(Br)ccc2C)cn1. The standard InChI is InChI=1S/C13H16BrN3/c1-3-17-9-11(8-16-17)7-15-13-6-12(14)5-4-10(13)2/h4-6,8-9,15H,3,7H2,1-2H3. The van der Waals surface area contributed by atoms with E-state index in [0.29, 0.717) is 0 Å². The molecular formula is C13H16BrN3. The van der Waals surface area contributed by atoms with Crippen LogP contribution in [-0.2, 0) is 13.1 Å². The van der Waals surface area contributed by atoms with Gasteiger partial charge in [-0.15, -0.1) is 0 Å². The topological polar surface area (TPSA) is 29.9 Å². The van der Waals surface area contributed by atoms with Crippen molar-refractivity contribution >= 4 is 21.6 Å². The highest BCUT2D eigenvalue weighted by Gasteiger charge is 2.01. The maximum absolute atomic E-state index is 4.25. The highest BCUT2D eigenvalue weighted by molar-refractivity contribution is 9.10. The Balaban J connectivity index is 2.04. The molecule has 90 valence electrons. The van der Waals surface area contributed by atoms with Gasteiger partial charge in [0.15, 0.2) is 0 Å². The third-order valence-electron chi connectivity index (χ3n) is 2.69. The minimum Gasteiger partial charge on any atom is -0.381 e. The summed E-state index contributed by atoms with van der Waals surface area (Å²) in [5, 5.41) is 7.68. The average Bonchev–Trinajstić information content (AvgIpc) is 2.78. The van der Waals surface area contributed by atoms with E-state index in [1.165, 1.54) is 11.1 Å². The van der Waals surface area contributed by atoms with Gasteiger partial charge in [-0.05, 0) is 31.5 Å². The maximum Gasteiger partial charge on any atom is 0.0539 e. The third-order valence-corrected chi connectivity index (χ3v) is 3.19. The minimum atomic E-state index is 0.803. The highest BCUT2D eigenvalue weighted by atomic mass is 79.9. The second-order valence-electron chi connectivity index (χ2n) is 4.02. The molecule has 0 amide bonds. The van der Waals surface area contributed by atoms with Crippen molar-refractivity contribution in [3.8, 4) is 0 Å². The number of nitrogens with zero attached hydrogens (tertiary/aromatic N) is 2. The molecule has 4 heteroatoms. The van der Waals surface area contributed by atoms with Crippen molar-refractivity contribution in [1.82, 2.24) is 9.78 Å². The number of benzene rings is 1. The summed E-state index contributed by atoms with van der Waals surface area (Å²) in [7, 11) is 0. The van der Waals surface area contributed by atoms with Gasteiger partial charge in [0.25, 0.3) is 0 Å². The zero-order chi connectivity index (χ0) is 12.3. The van der Waals surface area contributed by atoms with Gasteiger partial charge < -0.3 is 5.32 Å². The smallest absolute Gasteiger partial charge is 0.0539 e. The Morgan fingerprint density at radius 2 is 2.24 bits per heavy atom. The summed E-state index contributed by atoms with van der Waals surface area (Å²) in [6.45, 7) is 5.90. The molecule has 1 aromatic heterocycles. The molecule has 0 fully saturated rings. The summed E-state index contributed by atoms with van der Waals surface area (Å²) in [4.78, 5) is 0. The Bertz CT molecular complexity index is 505. The molecule has 0 aliphatic rings. The van der Waals surface area contributed by atoms with Crippen LogP contribution in [0.2, 0.25) is 0 Å². The number of anilines is 1. The van der Waals surface area contributed by atoms with Gasteiger partial charge in [-0.2, -0.15) is 5.10 Å². The summed E-state index contributed by atoms with van der Waals surface area (Å²) >= 11 is 3.48. The summed E-state index contributed by atoms with van der Waals surface area (Å²) in [6.07, 6.45) is 3.98. The second-order valence-corrected chi connectivity index (χ2v) is 4.93. The van der Waals surface area contributed by atoms with Gasteiger partial charge in [0.1, 0.15) is 0 Å². The predicted octanol–water partition coefficient (Wildman–Crippen LogP) is 3.59. The van der Waals surface area contributed by atoms with E-state index in [1.54, 1.807) is 0 Å². The van der Waals surface area contributed by atoms with E-state index in [2.05, 4.69) is 64.6 Å². The van der Waals surface area contributed by atoms with Crippen LogP contribution in [0.5, 0.6) is 0 Å². The van der Waals surface area contributed by atoms with Gasteiger partial charge in [0.05, 0.1) is 6.20 Å². The molecule has 2 aromatic rings. The van der Waals surface area contributed by atoms with Gasteiger partial charge in [-0.25, -0.2) is 0 Å². The normalized spacial score (nSPS) is 10.5. The van der Waals surface area contributed by atoms with E-state index in [0.717, 1.165) is 23.2 Å². The molecular weight excluding hydrogens is 278 g/mol. The van der Waals surface area contributed by atoms with Crippen LogP contribution < -0.4 is 5.32 Å². The molecule has 0 bridgehead atoms. The van der Waals surface area contributed by atoms with Crippen LogP contribution in [0, 0.1) is 6.92 Å². The van der Waals surface area contributed by atoms with Gasteiger partial charge in [-0.3, -0.25) is 4.68 Å². The Morgan fingerprint density at radius 1 is 1.41 bits per heavy atom. The summed E-state index contributed by atoms with van der Waals surface area (Å²) in [6, 6.07) is 6.25. The molecule has 0 radical (unpaired) electrons. The molecule has 2 rings (SSSR count). The maximum atomic E-state index is 4.25. The van der Waals surface area contributed by atoms with Crippen molar-refractivity contribution in [3.05, 3.63) is 46.2 Å². The Labute approximate surface area is 110 Å². The molecule has 1 aromatic carbocycles. The van der Waals surface area contributed by atoms with Crippen molar-refractivity contribution in [2.75, 3.05) is 5.32 Å². The number of aromatic nitrogens is 2. The van der Waals surface area contributed by atoms with Gasteiger partial charge in [-0.1, -0.05) is 22.0 Å². The van der Waals surface area contributed by atoms with E-state index < -0.39 is 0 Å². The number of hydrogen-bond donors (Lipinski definition) is 1.